The van der Waals surface area contributed by atoms with Gasteiger partial charge < -0.3 is 34.7 Å². The van der Waals surface area contributed by atoms with Crippen LogP contribution in [0.4, 0.5) is 16.2 Å². The minimum absolute atomic E-state index is 0.00128. The third kappa shape index (κ3) is 8.12. The molecule has 2 amide bonds. The molecule has 3 aliphatic heterocycles. The number of nitrogens with zero attached hydrogens (tertiary/aromatic N) is 1. The highest BCUT2D eigenvalue weighted by Crippen LogP contribution is 2.49. The highest BCUT2D eigenvalue weighted by Gasteiger charge is 2.64. The Morgan fingerprint density at radius 2 is 1.92 bits per heavy atom. The molecule has 11 nitrogen and oxygen atoms in total. The van der Waals surface area contributed by atoms with Crippen LogP contribution in [-0.4, -0.2) is 73.0 Å². The summed E-state index contributed by atoms with van der Waals surface area (Å²) in [5, 5.41) is 14.7. The predicted molar refractivity (Wildman–Crippen MR) is 186 cm³/mol. The minimum Gasteiger partial charge on any atom is -0.459 e. The number of hydrogen-bond donors (Lipinski definition) is 3. The van der Waals surface area contributed by atoms with Crippen LogP contribution in [-0.2, 0) is 41.4 Å². The summed E-state index contributed by atoms with van der Waals surface area (Å²) in [5.74, 6) is -1.27. The van der Waals surface area contributed by atoms with E-state index in [4.69, 9.17) is 36.3 Å². The number of amides is 2. The molecule has 0 aromatic heterocycles. The fourth-order valence-electron chi connectivity index (χ4n) is 6.79. The third-order valence-electron chi connectivity index (χ3n) is 9.82. The molecule has 4 bridgehead atoms. The number of ether oxygens (including phenoxy) is 4. The van der Waals surface area contributed by atoms with Gasteiger partial charge in [-0.3, -0.25) is 14.9 Å². The average molecular weight is 696 g/mol. The summed E-state index contributed by atoms with van der Waals surface area (Å²) in [6.07, 6.45) is 2.23. The highest BCUT2D eigenvalue weighted by atomic mass is 35.5. The van der Waals surface area contributed by atoms with Crippen LogP contribution in [0.2, 0.25) is 5.02 Å². The van der Waals surface area contributed by atoms with Crippen LogP contribution in [0.25, 0.3) is 0 Å². The molecule has 0 spiro atoms. The van der Waals surface area contributed by atoms with E-state index in [1.54, 1.807) is 38.3 Å². The number of nitrogens with two attached hydrogens (primary N) is 1. The standard InChI is InChI=1S/C37H46ClN3O8/c1-21-8-7-9-29(46-6)37(45)20-28(47-35(44)40-37)23(3)34-36(4,49-34)30(48-32(43)15-12-24-10-13-26(39)14-11-24)19-31(42)41(5)27-18-25(16-21)17-22(2)33(27)38/h7-11,13-14,17-18,23,28-30,34,45H,12,15-16,19-20,39H2,1-6H3,(H,40,44)/b9-7+,21-8+/t23-,28+,29-,30+,34+,36+,37+/m1/s1. The Hall–Kier alpha value is -3.90. The van der Waals surface area contributed by atoms with E-state index in [0.717, 1.165) is 22.3 Å². The summed E-state index contributed by atoms with van der Waals surface area (Å²) in [7, 11) is 3.11. The van der Waals surface area contributed by atoms with E-state index in [-0.39, 0.29) is 25.2 Å². The number of nitrogens with one attached hydrogen (secondary N) is 1. The number of allylic oxidation sites excluding steroid dienone is 3. The quantitative estimate of drug-likeness (QED) is 0.218. The third-order valence-corrected chi connectivity index (χ3v) is 10.3. The number of aliphatic hydroxyl groups is 1. The van der Waals surface area contributed by atoms with Crippen molar-refractivity contribution in [2.75, 3.05) is 24.8 Å². The first-order valence-electron chi connectivity index (χ1n) is 16.5. The number of aryl methyl sites for hydroxylation is 2. The molecule has 3 aliphatic rings. The van der Waals surface area contributed by atoms with Gasteiger partial charge in [0.25, 0.3) is 0 Å². The first-order valence-corrected chi connectivity index (χ1v) is 16.9. The van der Waals surface area contributed by atoms with E-state index in [0.29, 0.717) is 29.2 Å². The number of fused-ring (bicyclic) bond motifs is 5. The minimum atomic E-state index is -1.77. The van der Waals surface area contributed by atoms with Crippen molar-refractivity contribution in [3.8, 4) is 0 Å². The largest absolute Gasteiger partial charge is 0.459 e. The first-order chi connectivity index (χ1) is 23.1. The normalized spacial score (nSPS) is 32.2. The predicted octanol–water partition coefficient (Wildman–Crippen LogP) is 5.18. The van der Waals surface area contributed by atoms with Crippen LogP contribution >= 0.6 is 11.6 Å². The second-order valence-electron chi connectivity index (χ2n) is 13.6. The van der Waals surface area contributed by atoms with Gasteiger partial charge in [-0.2, -0.15) is 0 Å². The number of methoxy groups -OCH3 is 1. The van der Waals surface area contributed by atoms with Gasteiger partial charge in [0.15, 0.2) is 5.72 Å². The van der Waals surface area contributed by atoms with Crippen LogP contribution in [0.5, 0.6) is 0 Å². The molecule has 264 valence electrons. The molecule has 0 unspecified atom stereocenters. The topological polar surface area (TPSA) is 153 Å². The van der Waals surface area contributed by atoms with E-state index < -0.39 is 53.7 Å². The van der Waals surface area contributed by atoms with E-state index in [1.165, 1.54) is 12.0 Å². The average Bonchev–Trinajstić information content (AvgIpc) is 3.74. The van der Waals surface area contributed by atoms with Crippen LogP contribution in [0.1, 0.15) is 56.7 Å². The lowest BCUT2D eigenvalue weighted by Crippen LogP contribution is -2.63. The van der Waals surface area contributed by atoms with Crippen LogP contribution in [0.15, 0.2) is 60.2 Å². The highest BCUT2D eigenvalue weighted by molar-refractivity contribution is 6.34. The molecule has 2 aromatic carbocycles. The molecule has 2 saturated heterocycles. The molecule has 0 saturated carbocycles. The second-order valence-corrected chi connectivity index (χ2v) is 14.0. The smallest absolute Gasteiger partial charge is 0.409 e. The van der Waals surface area contributed by atoms with Crippen molar-refractivity contribution in [2.24, 2.45) is 5.92 Å². The molecular weight excluding hydrogens is 650 g/mol. The molecule has 49 heavy (non-hydrogen) atoms. The molecule has 0 aliphatic carbocycles. The van der Waals surface area contributed by atoms with Crippen molar-refractivity contribution < 1.29 is 38.4 Å². The molecular formula is C37H46ClN3O8. The summed E-state index contributed by atoms with van der Waals surface area (Å²) in [6, 6.07) is 11.1. The maximum atomic E-state index is 14.0. The Bertz CT molecular complexity index is 1640. The van der Waals surface area contributed by atoms with Gasteiger partial charge >= 0.3 is 12.1 Å². The number of epoxide rings is 1. The molecule has 7 atom stereocenters. The van der Waals surface area contributed by atoms with Gasteiger partial charge in [-0.25, -0.2) is 4.79 Å². The monoisotopic (exact) mass is 695 g/mol. The van der Waals surface area contributed by atoms with Crippen molar-refractivity contribution in [3.05, 3.63) is 81.9 Å². The number of nitrogen functional groups attached to an aromatic ring is 1. The molecule has 4 N–H and O–H groups in total. The number of esters is 1. The van der Waals surface area contributed by atoms with E-state index in [2.05, 4.69) is 5.32 Å². The zero-order valence-corrected chi connectivity index (χ0v) is 29.6. The van der Waals surface area contributed by atoms with Crippen LogP contribution in [0.3, 0.4) is 0 Å². The summed E-state index contributed by atoms with van der Waals surface area (Å²) >= 11 is 6.75. The lowest BCUT2D eigenvalue weighted by molar-refractivity contribution is -0.153. The Kier molecular flexibility index (Phi) is 10.8. The van der Waals surface area contributed by atoms with E-state index in [1.807, 2.05) is 51.1 Å². The molecule has 2 fully saturated rings. The van der Waals surface area contributed by atoms with Gasteiger partial charge in [0.2, 0.25) is 5.91 Å². The molecule has 3 heterocycles. The van der Waals surface area contributed by atoms with Gasteiger partial charge in [0.1, 0.15) is 23.9 Å². The van der Waals surface area contributed by atoms with Gasteiger partial charge in [-0.05, 0) is 68.5 Å². The maximum absolute atomic E-state index is 14.0. The molecule has 0 radical (unpaired) electrons. The number of anilines is 2. The van der Waals surface area contributed by atoms with Crippen molar-refractivity contribution >= 4 is 40.9 Å². The second kappa shape index (κ2) is 14.5. The summed E-state index contributed by atoms with van der Waals surface area (Å²) in [6.45, 7) is 7.48. The number of alkyl carbamates (subject to hydrolysis) is 1. The van der Waals surface area contributed by atoms with Crippen molar-refractivity contribution in [2.45, 2.75) is 95.5 Å². The lowest BCUT2D eigenvalue weighted by atomic mass is 9.83. The zero-order chi connectivity index (χ0) is 35.7. The van der Waals surface area contributed by atoms with Crippen molar-refractivity contribution in [3.63, 3.8) is 0 Å². The number of rotatable bonds is 5. The number of hydrogen-bond acceptors (Lipinski definition) is 9. The Balaban J connectivity index is 1.49. The molecule has 2 aromatic rings. The Morgan fingerprint density at radius 3 is 2.61 bits per heavy atom. The SMILES string of the molecule is CO[C@@H]1/C=C/C=C(\C)Cc2cc(C)c(Cl)c(c2)N(C)C(=O)C[C@H](OC(=O)CCc2ccc(N)cc2)[C@]2(C)O[C@H]2[C@H](C)[C@@H]2C[C@@]1(O)NC(=O)O2. The molecule has 5 rings (SSSR count). The van der Waals surface area contributed by atoms with Gasteiger partial charge in [-0.1, -0.05) is 60.5 Å². The van der Waals surface area contributed by atoms with Gasteiger partial charge in [0.05, 0.1) is 23.2 Å². The lowest BCUT2D eigenvalue weighted by Gasteiger charge is -2.42. The Morgan fingerprint density at radius 1 is 1.20 bits per heavy atom. The van der Waals surface area contributed by atoms with E-state index in [9.17, 15) is 19.5 Å². The fraction of sp³-hybridized carbons (Fsp3) is 0.486. The summed E-state index contributed by atoms with van der Waals surface area (Å²) in [4.78, 5) is 41.5. The zero-order valence-electron chi connectivity index (χ0n) is 28.8. The number of benzene rings is 2. The number of carbonyl (C=O) groups excluding carboxylic acids is 3. The van der Waals surface area contributed by atoms with Crippen LogP contribution in [0, 0.1) is 12.8 Å². The van der Waals surface area contributed by atoms with Crippen LogP contribution < -0.4 is 16.0 Å². The number of carbonyl (C=O) groups is 3. The van der Waals surface area contributed by atoms with Crippen molar-refractivity contribution in [1.82, 2.24) is 5.32 Å². The van der Waals surface area contributed by atoms with Crippen molar-refractivity contribution in [1.29, 1.82) is 0 Å². The van der Waals surface area contributed by atoms with E-state index >= 15 is 0 Å². The Labute approximate surface area is 292 Å². The fourth-order valence-corrected chi connectivity index (χ4v) is 7.03. The van der Waals surface area contributed by atoms with Gasteiger partial charge in [0, 0.05) is 38.6 Å². The molecule has 12 heteroatoms. The summed E-state index contributed by atoms with van der Waals surface area (Å²) < 4.78 is 23.6. The summed E-state index contributed by atoms with van der Waals surface area (Å²) in [5.41, 5.74) is 7.77. The number of halogens is 1. The first kappa shape index (κ1) is 36.4. The van der Waals surface area contributed by atoms with Gasteiger partial charge in [-0.15, -0.1) is 0 Å². The maximum Gasteiger partial charge on any atom is 0.409 e.